The van der Waals surface area contributed by atoms with Crippen LogP contribution < -0.4 is 0 Å². The summed E-state index contributed by atoms with van der Waals surface area (Å²) >= 11 is 0. The molecule has 0 aromatic rings. The molecule has 0 aromatic heterocycles. The van der Waals surface area contributed by atoms with Crippen LogP contribution in [-0.2, 0) is 28.7 Å². The second-order valence-electron chi connectivity index (χ2n) is 3.97. The first-order valence-electron chi connectivity index (χ1n) is 5.91. The summed E-state index contributed by atoms with van der Waals surface area (Å²) in [7, 11) is 0. The minimum Gasteiger partial charge on any atom is -0.463 e. The van der Waals surface area contributed by atoms with Gasteiger partial charge in [-0.25, -0.2) is 9.59 Å². The van der Waals surface area contributed by atoms with E-state index in [1.165, 1.54) is 13.8 Å². The van der Waals surface area contributed by atoms with Crippen molar-refractivity contribution in [2.75, 3.05) is 13.2 Å². The van der Waals surface area contributed by atoms with Crippen LogP contribution in [0.1, 0.15) is 27.7 Å². The van der Waals surface area contributed by atoms with E-state index in [0.717, 1.165) is 13.8 Å². The molecule has 0 aliphatic heterocycles. The lowest BCUT2D eigenvalue weighted by Crippen LogP contribution is -2.71. The highest BCUT2D eigenvalue weighted by Crippen LogP contribution is 2.28. The van der Waals surface area contributed by atoms with Crippen molar-refractivity contribution in [2.45, 2.75) is 38.9 Å². The molecular formula is C12H18O8. The number of carbonyl (C=O) groups is 4. The van der Waals surface area contributed by atoms with Gasteiger partial charge >= 0.3 is 11.9 Å². The number of carbonyl (C=O) groups excluding carboxylic acids is 4. The fraction of sp³-hybridized carbons (Fsp3) is 0.667. The van der Waals surface area contributed by atoms with E-state index in [0.29, 0.717) is 0 Å². The van der Waals surface area contributed by atoms with Crippen LogP contribution in [0.25, 0.3) is 0 Å². The lowest BCUT2D eigenvalue weighted by Gasteiger charge is -2.35. The highest BCUT2D eigenvalue weighted by atomic mass is 16.6. The van der Waals surface area contributed by atoms with Gasteiger partial charge in [-0.05, 0) is 27.7 Å². The summed E-state index contributed by atoms with van der Waals surface area (Å²) in [5.41, 5.74) is -6.72. The Labute approximate surface area is 115 Å². The van der Waals surface area contributed by atoms with E-state index in [4.69, 9.17) is 0 Å². The lowest BCUT2D eigenvalue weighted by atomic mass is 9.77. The van der Waals surface area contributed by atoms with E-state index in [1.54, 1.807) is 0 Å². The quantitative estimate of drug-likeness (QED) is 0.440. The minimum atomic E-state index is -3.36. The number of ketones is 2. The Bertz CT molecular complexity index is 389. The molecule has 0 aromatic carbocycles. The average molecular weight is 290 g/mol. The van der Waals surface area contributed by atoms with E-state index in [2.05, 4.69) is 9.47 Å². The minimum absolute atomic E-state index is 0.231. The molecule has 0 radical (unpaired) electrons. The third kappa shape index (κ3) is 2.70. The predicted molar refractivity (Wildman–Crippen MR) is 64.5 cm³/mol. The standard InChI is InChI=1S/C12H18O8/c1-5-19-9(15)11(17,7(3)13)12(18,8(4)14)10(16)20-6-2/h17-18H,5-6H2,1-4H3/t11-,12-/m1/s1. The molecule has 0 aliphatic carbocycles. The van der Waals surface area contributed by atoms with Gasteiger partial charge in [0.2, 0.25) is 0 Å². The normalized spacial score (nSPS) is 16.5. The van der Waals surface area contributed by atoms with E-state index >= 15 is 0 Å². The summed E-state index contributed by atoms with van der Waals surface area (Å²) < 4.78 is 8.93. The van der Waals surface area contributed by atoms with Crippen molar-refractivity contribution < 1.29 is 38.9 Å². The summed E-state index contributed by atoms with van der Waals surface area (Å²) in [6.45, 7) is 3.79. The Kier molecular flexibility index (Phi) is 5.98. The highest BCUT2D eigenvalue weighted by Gasteiger charge is 2.68. The Morgan fingerprint density at radius 2 is 1.05 bits per heavy atom. The molecule has 20 heavy (non-hydrogen) atoms. The molecule has 2 N–H and O–H groups in total. The van der Waals surface area contributed by atoms with Crippen molar-refractivity contribution in [1.82, 2.24) is 0 Å². The Morgan fingerprint density at radius 3 is 1.20 bits per heavy atom. The Morgan fingerprint density at radius 1 is 0.800 bits per heavy atom. The van der Waals surface area contributed by atoms with Crippen molar-refractivity contribution >= 4 is 23.5 Å². The van der Waals surface area contributed by atoms with Crippen LogP contribution in [0, 0.1) is 0 Å². The van der Waals surface area contributed by atoms with E-state index in [-0.39, 0.29) is 13.2 Å². The number of rotatable bonds is 7. The predicted octanol–water partition coefficient (Wildman–Crippen LogP) is -1.25. The van der Waals surface area contributed by atoms with Gasteiger partial charge in [-0.3, -0.25) is 9.59 Å². The molecule has 0 bridgehead atoms. The van der Waals surface area contributed by atoms with Crippen LogP contribution in [0.15, 0.2) is 0 Å². The van der Waals surface area contributed by atoms with Gasteiger partial charge in [0.15, 0.2) is 11.6 Å². The van der Waals surface area contributed by atoms with Gasteiger partial charge in [-0.15, -0.1) is 0 Å². The fourth-order valence-electron chi connectivity index (χ4n) is 1.56. The maximum atomic E-state index is 11.8. The van der Waals surface area contributed by atoms with E-state index in [1.807, 2.05) is 0 Å². The zero-order chi connectivity index (χ0) is 16.1. The molecule has 0 rings (SSSR count). The first-order chi connectivity index (χ1) is 9.10. The van der Waals surface area contributed by atoms with Crippen LogP contribution in [-0.4, -0.2) is 58.1 Å². The van der Waals surface area contributed by atoms with Gasteiger partial charge in [-0.2, -0.15) is 0 Å². The smallest absolute Gasteiger partial charge is 0.350 e. The summed E-state index contributed by atoms with van der Waals surface area (Å²) in [6.07, 6.45) is 0. The number of ether oxygens (including phenoxy) is 2. The Balaban J connectivity index is 6.07. The Hall–Kier alpha value is -1.80. The van der Waals surface area contributed by atoms with Crippen LogP contribution in [0.4, 0.5) is 0 Å². The number of aliphatic hydroxyl groups is 2. The van der Waals surface area contributed by atoms with Crippen molar-refractivity contribution in [3.8, 4) is 0 Å². The first kappa shape index (κ1) is 18.2. The van der Waals surface area contributed by atoms with Crippen molar-refractivity contribution in [1.29, 1.82) is 0 Å². The molecule has 8 nitrogen and oxygen atoms in total. The topological polar surface area (TPSA) is 127 Å². The van der Waals surface area contributed by atoms with Crippen LogP contribution >= 0.6 is 0 Å². The molecular weight excluding hydrogens is 272 g/mol. The average Bonchev–Trinajstić information content (AvgIpc) is 2.36. The number of esters is 2. The summed E-state index contributed by atoms with van der Waals surface area (Å²) in [4.78, 5) is 46.6. The fourth-order valence-corrected chi connectivity index (χ4v) is 1.56. The molecule has 0 aliphatic rings. The molecule has 0 fully saturated rings. The van der Waals surface area contributed by atoms with Gasteiger partial charge in [0.1, 0.15) is 0 Å². The van der Waals surface area contributed by atoms with Gasteiger partial charge in [0.25, 0.3) is 11.2 Å². The van der Waals surface area contributed by atoms with E-state index in [9.17, 15) is 29.4 Å². The number of hydrogen-bond acceptors (Lipinski definition) is 8. The highest BCUT2D eigenvalue weighted by molar-refractivity contribution is 6.21. The van der Waals surface area contributed by atoms with Crippen LogP contribution in [0.2, 0.25) is 0 Å². The lowest BCUT2D eigenvalue weighted by molar-refractivity contribution is -0.211. The maximum absolute atomic E-state index is 11.8. The second-order valence-corrected chi connectivity index (χ2v) is 3.97. The SMILES string of the molecule is CCOC(=O)[C@](O)(C(C)=O)[C@@](O)(C(C)=O)C(=O)OCC. The molecule has 8 heteroatoms. The largest absolute Gasteiger partial charge is 0.463 e. The molecule has 0 amide bonds. The van der Waals surface area contributed by atoms with Gasteiger partial charge in [0, 0.05) is 0 Å². The van der Waals surface area contributed by atoms with Gasteiger partial charge < -0.3 is 19.7 Å². The summed E-state index contributed by atoms with van der Waals surface area (Å²) in [5, 5.41) is 20.4. The molecule has 0 saturated heterocycles. The zero-order valence-corrected chi connectivity index (χ0v) is 11.8. The van der Waals surface area contributed by atoms with Crippen molar-refractivity contribution in [2.24, 2.45) is 0 Å². The van der Waals surface area contributed by atoms with Gasteiger partial charge in [-0.1, -0.05) is 0 Å². The third-order valence-corrected chi connectivity index (χ3v) is 2.68. The molecule has 2 atom stereocenters. The molecule has 114 valence electrons. The summed E-state index contributed by atoms with van der Waals surface area (Å²) in [5.74, 6) is -5.83. The van der Waals surface area contributed by atoms with Gasteiger partial charge in [0.05, 0.1) is 13.2 Å². The second kappa shape index (κ2) is 6.58. The zero-order valence-electron chi connectivity index (χ0n) is 11.8. The first-order valence-corrected chi connectivity index (χ1v) is 5.91. The van der Waals surface area contributed by atoms with E-state index < -0.39 is 34.7 Å². The van der Waals surface area contributed by atoms with Crippen molar-refractivity contribution in [3.63, 3.8) is 0 Å². The molecule has 0 spiro atoms. The molecule has 0 saturated carbocycles. The van der Waals surface area contributed by atoms with Crippen LogP contribution in [0.5, 0.6) is 0 Å². The summed E-state index contributed by atoms with van der Waals surface area (Å²) in [6, 6.07) is 0. The molecule has 0 heterocycles. The van der Waals surface area contributed by atoms with Crippen LogP contribution in [0.3, 0.4) is 0 Å². The van der Waals surface area contributed by atoms with Crippen molar-refractivity contribution in [3.05, 3.63) is 0 Å². The maximum Gasteiger partial charge on any atom is 0.350 e. The number of hydrogen-bond donors (Lipinski definition) is 2. The number of Topliss-reactive ketones (excluding diaryl/α,β-unsaturated/α-hetero) is 2. The monoisotopic (exact) mass is 290 g/mol. The molecule has 0 unspecified atom stereocenters. The third-order valence-electron chi connectivity index (χ3n) is 2.68.